The van der Waals surface area contributed by atoms with Crippen molar-refractivity contribution in [2.24, 2.45) is 5.84 Å². The first-order valence-electron chi connectivity index (χ1n) is 6.39. The van der Waals surface area contributed by atoms with Gasteiger partial charge in [-0.15, -0.1) is 11.8 Å². The van der Waals surface area contributed by atoms with Gasteiger partial charge in [0.15, 0.2) is 0 Å². The molecule has 3 heteroatoms. The average Bonchev–Trinajstić information content (AvgIpc) is 2.46. The summed E-state index contributed by atoms with van der Waals surface area (Å²) in [6, 6.07) is 17.2. The topological polar surface area (TPSA) is 38.0 Å². The number of rotatable bonds is 5. The summed E-state index contributed by atoms with van der Waals surface area (Å²) in [5.41, 5.74) is 6.78. The van der Waals surface area contributed by atoms with Crippen LogP contribution in [0.4, 0.5) is 0 Å². The van der Waals surface area contributed by atoms with Crippen molar-refractivity contribution in [2.45, 2.75) is 24.3 Å². The highest BCUT2D eigenvalue weighted by Crippen LogP contribution is 2.27. The van der Waals surface area contributed by atoms with E-state index in [0.717, 1.165) is 6.42 Å². The quantitative estimate of drug-likeness (QED) is 0.497. The van der Waals surface area contributed by atoms with E-state index in [2.05, 4.69) is 67.1 Å². The van der Waals surface area contributed by atoms with Gasteiger partial charge in [0.1, 0.15) is 0 Å². The molecule has 1 atom stereocenters. The standard InChI is InChI=1S/C16H20N2S/c1-12-7-9-13(10-8-12)11-15(18-17)14-5-3-4-6-16(14)19-2/h3-10,15,18H,11,17H2,1-2H3. The minimum absolute atomic E-state index is 0.145. The predicted octanol–water partition coefficient (Wildman–Crippen LogP) is 3.46. The monoisotopic (exact) mass is 272 g/mol. The van der Waals surface area contributed by atoms with Crippen LogP contribution >= 0.6 is 11.8 Å². The molecular weight excluding hydrogens is 252 g/mol. The van der Waals surface area contributed by atoms with Gasteiger partial charge in [0.25, 0.3) is 0 Å². The molecule has 0 aromatic heterocycles. The maximum Gasteiger partial charge on any atom is 0.0511 e. The smallest absolute Gasteiger partial charge is 0.0511 e. The molecule has 0 aliphatic heterocycles. The third-order valence-electron chi connectivity index (χ3n) is 3.28. The second-order valence-corrected chi connectivity index (χ2v) is 5.50. The van der Waals surface area contributed by atoms with Gasteiger partial charge in [0, 0.05) is 4.90 Å². The number of thioether (sulfide) groups is 1. The molecule has 2 nitrogen and oxygen atoms in total. The van der Waals surface area contributed by atoms with Crippen molar-refractivity contribution in [3.63, 3.8) is 0 Å². The maximum atomic E-state index is 5.75. The summed E-state index contributed by atoms with van der Waals surface area (Å²) in [6.07, 6.45) is 2.99. The van der Waals surface area contributed by atoms with Gasteiger partial charge < -0.3 is 0 Å². The first kappa shape index (κ1) is 14.1. The fourth-order valence-corrected chi connectivity index (χ4v) is 2.83. The summed E-state index contributed by atoms with van der Waals surface area (Å²) in [7, 11) is 0. The molecule has 0 saturated heterocycles. The van der Waals surface area contributed by atoms with E-state index >= 15 is 0 Å². The van der Waals surface area contributed by atoms with Crippen LogP contribution in [0.2, 0.25) is 0 Å². The van der Waals surface area contributed by atoms with Crippen molar-refractivity contribution >= 4 is 11.8 Å². The Morgan fingerprint density at radius 1 is 1.11 bits per heavy atom. The van der Waals surface area contributed by atoms with Crippen molar-refractivity contribution in [3.8, 4) is 0 Å². The number of nitrogens with two attached hydrogens (primary N) is 1. The molecule has 2 rings (SSSR count). The van der Waals surface area contributed by atoms with Crippen molar-refractivity contribution in [3.05, 3.63) is 65.2 Å². The molecule has 0 heterocycles. The number of hydrazine groups is 1. The largest absolute Gasteiger partial charge is 0.271 e. The van der Waals surface area contributed by atoms with Crippen LogP contribution < -0.4 is 11.3 Å². The van der Waals surface area contributed by atoms with Crippen LogP contribution in [-0.4, -0.2) is 6.26 Å². The van der Waals surface area contributed by atoms with E-state index in [1.807, 2.05) is 0 Å². The van der Waals surface area contributed by atoms with Crippen LogP contribution in [0.3, 0.4) is 0 Å². The third-order valence-corrected chi connectivity index (χ3v) is 4.09. The van der Waals surface area contributed by atoms with E-state index in [-0.39, 0.29) is 6.04 Å². The van der Waals surface area contributed by atoms with Crippen LogP contribution in [0.15, 0.2) is 53.4 Å². The third kappa shape index (κ3) is 3.60. The lowest BCUT2D eigenvalue weighted by molar-refractivity contribution is 0.544. The number of hydrogen-bond acceptors (Lipinski definition) is 3. The molecule has 0 saturated carbocycles. The predicted molar refractivity (Wildman–Crippen MR) is 83.2 cm³/mol. The average molecular weight is 272 g/mol. The van der Waals surface area contributed by atoms with Gasteiger partial charge in [-0.1, -0.05) is 48.0 Å². The number of benzene rings is 2. The number of nitrogens with one attached hydrogen (secondary N) is 1. The Morgan fingerprint density at radius 2 is 1.79 bits per heavy atom. The molecule has 1 unspecified atom stereocenters. The van der Waals surface area contributed by atoms with Crippen molar-refractivity contribution in [1.29, 1.82) is 0 Å². The lowest BCUT2D eigenvalue weighted by atomic mass is 9.99. The summed E-state index contributed by atoms with van der Waals surface area (Å²) in [5, 5.41) is 0. The molecule has 100 valence electrons. The molecule has 0 fully saturated rings. The molecule has 0 aliphatic carbocycles. The fraction of sp³-hybridized carbons (Fsp3) is 0.250. The van der Waals surface area contributed by atoms with Crippen LogP contribution in [0.1, 0.15) is 22.7 Å². The molecule has 2 aromatic rings. The van der Waals surface area contributed by atoms with Gasteiger partial charge in [-0.25, -0.2) is 0 Å². The second-order valence-electron chi connectivity index (χ2n) is 4.65. The van der Waals surface area contributed by atoms with Crippen LogP contribution in [0, 0.1) is 6.92 Å². The van der Waals surface area contributed by atoms with E-state index in [4.69, 9.17) is 5.84 Å². The lowest BCUT2D eigenvalue weighted by Gasteiger charge is -2.19. The first-order chi connectivity index (χ1) is 9.24. The summed E-state index contributed by atoms with van der Waals surface area (Å²) < 4.78 is 0. The zero-order chi connectivity index (χ0) is 13.7. The van der Waals surface area contributed by atoms with Gasteiger partial charge in [-0.05, 0) is 36.8 Å². The summed E-state index contributed by atoms with van der Waals surface area (Å²) in [4.78, 5) is 1.28. The zero-order valence-corrected chi connectivity index (χ0v) is 12.2. The van der Waals surface area contributed by atoms with E-state index in [9.17, 15) is 0 Å². The highest BCUT2D eigenvalue weighted by molar-refractivity contribution is 7.98. The van der Waals surface area contributed by atoms with Crippen LogP contribution in [-0.2, 0) is 6.42 Å². The van der Waals surface area contributed by atoms with Gasteiger partial charge >= 0.3 is 0 Å². The van der Waals surface area contributed by atoms with E-state index in [1.54, 1.807) is 11.8 Å². The Morgan fingerprint density at radius 3 is 2.42 bits per heavy atom. The number of hydrogen-bond donors (Lipinski definition) is 2. The van der Waals surface area contributed by atoms with Gasteiger partial charge in [-0.2, -0.15) is 0 Å². The zero-order valence-electron chi connectivity index (χ0n) is 11.4. The van der Waals surface area contributed by atoms with Crippen LogP contribution in [0.25, 0.3) is 0 Å². The van der Waals surface area contributed by atoms with E-state index in [1.165, 1.54) is 21.6 Å². The lowest BCUT2D eigenvalue weighted by Crippen LogP contribution is -2.30. The Kier molecular flexibility index (Phi) is 5.02. The van der Waals surface area contributed by atoms with Crippen molar-refractivity contribution < 1.29 is 0 Å². The molecule has 2 aromatic carbocycles. The minimum Gasteiger partial charge on any atom is -0.271 e. The SMILES string of the molecule is CSc1ccccc1C(Cc1ccc(C)cc1)NN. The van der Waals surface area contributed by atoms with Crippen molar-refractivity contribution in [2.75, 3.05) is 6.26 Å². The highest BCUT2D eigenvalue weighted by atomic mass is 32.2. The molecule has 0 amide bonds. The number of aryl methyl sites for hydroxylation is 1. The fourth-order valence-electron chi connectivity index (χ4n) is 2.17. The van der Waals surface area contributed by atoms with Crippen LogP contribution in [0.5, 0.6) is 0 Å². The first-order valence-corrected chi connectivity index (χ1v) is 7.61. The van der Waals surface area contributed by atoms with Crippen molar-refractivity contribution in [1.82, 2.24) is 5.43 Å². The molecule has 19 heavy (non-hydrogen) atoms. The Balaban J connectivity index is 2.22. The van der Waals surface area contributed by atoms with E-state index < -0.39 is 0 Å². The van der Waals surface area contributed by atoms with Gasteiger partial charge in [0.2, 0.25) is 0 Å². The Hall–Kier alpha value is -1.29. The minimum atomic E-state index is 0.145. The van der Waals surface area contributed by atoms with Gasteiger partial charge in [0.05, 0.1) is 6.04 Å². The highest BCUT2D eigenvalue weighted by Gasteiger charge is 2.13. The maximum absolute atomic E-state index is 5.75. The summed E-state index contributed by atoms with van der Waals surface area (Å²) >= 11 is 1.76. The Bertz CT molecular complexity index is 523. The Labute approximate surface area is 119 Å². The summed E-state index contributed by atoms with van der Waals surface area (Å²) in [6.45, 7) is 2.10. The van der Waals surface area contributed by atoms with E-state index in [0.29, 0.717) is 0 Å². The molecular formula is C16H20N2S. The molecule has 0 bridgehead atoms. The molecule has 0 spiro atoms. The summed E-state index contributed by atoms with van der Waals surface area (Å²) in [5.74, 6) is 5.75. The second kappa shape index (κ2) is 6.75. The normalized spacial score (nSPS) is 12.4. The van der Waals surface area contributed by atoms with Gasteiger partial charge in [-0.3, -0.25) is 11.3 Å². The molecule has 3 N–H and O–H groups in total. The molecule has 0 aliphatic rings. The molecule has 0 radical (unpaired) electrons.